The van der Waals surface area contributed by atoms with Gasteiger partial charge < -0.3 is 15.9 Å². The number of phenols is 2. The van der Waals surface area contributed by atoms with E-state index in [9.17, 15) is 10.2 Å². The molecule has 0 aliphatic carbocycles. The fourth-order valence-corrected chi connectivity index (χ4v) is 2.34. The molecule has 1 aliphatic rings. The highest BCUT2D eigenvalue weighted by Crippen LogP contribution is 2.32. The Morgan fingerprint density at radius 3 is 2.50 bits per heavy atom. The molecule has 1 heterocycles. The van der Waals surface area contributed by atoms with E-state index in [4.69, 9.17) is 5.73 Å². The number of nitrogens with two attached hydrogens (primary N) is 1. The monoisotopic (exact) mass is 222 g/mol. The zero-order valence-corrected chi connectivity index (χ0v) is 9.26. The number of hydrogen-bond donors (Lipinski definition) is 3. The van der Waals surface area contributed by atoms with Crippen LogP contribution in [0.4, 0.5) is 0 Å². The predicted octanol–water partition coefficient (Wildman–Crippen LogP) is 1.19. The molecule has 1 fully saturated rings. The van der Waals surface area contributed by atoms with Crippen LogP contribution in [0.15, 0.2) is 18.2 Å². The van der Waals surface area contributed by atoms with Gasteiger partial charge in [-0.3, -0.25) is 4.90 Å². The van der Waals surface area contributed by atoms with Crippen LogP contribution in [0.2, 0.25) is 0 Å². The summed E-state index contributed by atoms with van der Waals surface area (Å²) >= 11 is 0. The molecule has 0 saturated carbocycles. The smallest absolute Gasteiger partial charge is 0.124 e. The summed E-state index contributed by atoms with van der Waals surface area (Å²) in [4.78, 5) is 2.28. The van der Waals surface area contributed by atoms with Crippen LogP contribution in [-0.4, -0.2) is 34.7 Å². The fraction of sp³-hybridized carbons (Fsp3) is 0.500. The van der Waals surface area contributed by atoms with Gasteiger partial charge in [0.15, 0.2) is 0 Å². The van der Waals surface area contributed by atoms with Crippen molar-refractivity contribution < 1.29 is 10.2 Å². The number of phenolic OH excluding ortho intramolecular Hbond substituents is 2. The summed E-state index contributed by atoms with van der Waals surface area (Å²) in [5, 5.41) is 19.1. The molecule has 1 unspecified atom stereocenters. The first kappa shape index (κ1) is 11.2. The Morgan fingerprint density at radius 2 is 1.94 bits per heavy atom. The van der Waals surface area contributed by atoms with Crippen molar-refractivity contribution in [1.82, 2.24) is 4.90 Å². The van der Waals surface area contributed by atoms with Gasteiger partial charge in [-0.15, -0.1) is 0 Å². The third-order valence-corrected chi connectivity index (χ3v) is 3.18. The maximum atomic E-state index is 9.81. The Hall–Kier alpha value is -1.26. The zero-order chi connectivity index (χ0) is 11.5. The van der Waals surface area contributed by atoms with Gasteiger partial charge in [0.05, 0.1) is 6.04 Å². The second-order valence-electron chi connectivity index (χ2n) is 4.24. The molecule has 4 heteroatoms. The van der Waals surface area contributed by atoms with Gasteiger partial charge in [-0.2, -0.15) is 0 Å². The van der Waals surface area contributed by atoms with Crippen molar-refractivity contribution in [1.29, 1.82) is 0 Å². The average molecular weight is 222 g/mol. The highest BCUT2D eigenvalue weighted by molar-refractivity contribution is 5.41. The summed E-state index contributed by atoms with van der Waals surface area (Å²) < 4.78 is 0. The lowest BCUT2D eigenvalue weighted by atomic mass is 10.0. The highest BCUT2D eigenvalue weighted by Gasteiger charge is 2.24. The van der Waals surface area contributed by atoms with Gasteiger partial charge in [0.25, 0.3) is 0 Å². The first-order valence-electron chi connectivity index (χ1n) is 5.68. The average Bonchev–Trinajstić information content (AvgIpc) is 2.75. The van der Waals surface area contributed by atoms with Crippen molar-refractivity contribution in [2.75, 3.05) is 19.6 Å². The first-order valence-corrected chi connectivity index (χ1v) is 5.68. The quantitative estimate of drug-likeness (QED) is 0.718. The maximum absolute atomic E-state index is 9.81. The molecule has 4 N–H and O–H groups in total. The molecule has 88 valence electrons. The standard InChI is InChI=1S/C12H18N2O2/c13-8-11(14-5-1-2-6-14)10-4-3-9(15)7-12(10)16/h3-4,7,11,15-16H,1-2,5-6,8,13H2. The molecule has 1 aliphatic heterocycles. The first-order chi connectivity index (χ1) is 7.72. The summed E-state index contributed by atoms with van der Waals surface area (Å²) in [5.41, 5.74) is 6.58. The number of aromatic hydroxyl groups is 2. The summed E-state index contributed by atoms with van der Waals surface area (Å²) in [6.07, 6.45) is 2.38. The molecule has 2 rings (SSSR count). The van der Waals surface area contributed by atoms with Crippen molar-refractivity contribution in [3.63, 3.8) is 0 Å². The highest BCUT2D eigenvalue weighted by atomic mass is 16.3. The van der Waals surface area contributed by atoms with Gasteiger partial charge in [0, 0.05) is 18.2 Å². The molecule has 16 heavy (non-hydrogen) atoms. The fourth-order valence-electron chi connectivity index (χ4n) is 2.34. The summed E-state index contributed by atoms with van der Waals surface area (Å²) in [5.74, 6) is 0.209. The van der Waals surface area contributed by atoms with Gasteiger partial charge in [-0.1, -0.05) is 6.07 Å². The third-order valence-electron chi connectivity index (χ3n) is 3.18. The normalized spacial score (nSPS) is 18.8. The van der Waals surface area contributed by atoms with Crippen LogP contribution >= 0.6 is 0 Å². The Balaban J connectivity index is 2.25. The second-order valence-corrected chi connectivity index (χ2v) is 4.24. The second kappa shape index (κ2) is 4.72. The molecular formula is C12H18N2O2. The molecule has 1 aromatic rings. The number of rotatable bonds is 3. The minimum Gasteiger partial charge on any atom is -0.508 e. The van der Waals surface area contributed by atoms with Crippen molar-refractivity contribution in [3.8, 4) is 11.5 Å². The molecule has 1 aromatic carbocycles. The molecule has 0 aromatic heterocycles. The lowest BCUT2D eigenvalue weighted by Crippen LogP contribution is -2.31. The van der Waals surface area contributed by atoms with Gasteiger partial charge in [-0.25, -0.2) is 0 Å². The van der Waals surface area contributed by atoms with Crippen LogP contribution in [0.1, 0.15) is 24.4 Å². The van der Waals surface area contributed by atoms with E-state index in [0.29, 0.717) is 6.54 Å². The van der Waals surface area contributed by atoms with Crippen LogP contribution in [0.3, 0.4) is 0 Å². The minimum atomic E-state index is 0.0584. The topological polar surface area (TPSA) is 69.7 Å². The maximum Gasteiger partial charge on any atom is 0.124 e. The van der Waals surface area contributed by atoms with Crippen LogP contribution < -0.4 is 5.73 Å². The Morgan fingerprint density at radius 1 is 1.25 bits per heavy atom. The molecule has 0 spiro atoms. The van der Waals surface area contributed by atoms with Crippen molar-refractivity contribution in [2.45, 2.75) is 18.9 Å². The summed E-state index contributed by atoms with van der Waals surface area (Å²) in [6.45, 7) is 2.54. The van der Waals surface area contributed by atoms with Gasteiger partial charge in [0.2, 0.25) is 0 Å². The number of hydrogen-bond acceptors (Lipinski definition) is 4. The predicted molar refractivity (Wildman–Crippen MR) is 62.4 cm³/mol. The van der Waals surface area contributed by atoms with Gasteiger partial charge in [0.1, 0.15) is 11.5 Å². The lowest BCUT2D eigenvalue weighted by Gasteiger charge is -2.27. The largest absolute Gasteiger partial charge is 0.508 e. The van der Waals surface area contributed by atoms with Gasteiger partial charge >= 0.3 is 0 Å². The zero-order valence-electron chi connectivity index (χ0n) is 9.26. The number of nitrogens with zero attached hydrogens (tertiary/aromatic N) is 1. The molecule has 0 amide bonds. The van der Waals surface area contributed by atoms with E-state index < -0.39 is 0 Å². The molecule has 1 saturated heterocycles. The summed E-state index contributed by atoms with van der Waals surface area (Å²) in [6, 6.07) is 4.77. The number of likely N-dealkylation sites (tertiary alicyclic amines) is 1. The van der Waals surface area contributed by atoms with Gasteiger partial charge in [-0.05, 0) is 32.0 Å². The number of benzene rings is 1. The van der Waals surface area contributed by atoms with E-state index in [-0.39, 0.29) is 17.5 Å². The van der Waals surface area contributed by atoms with E-state index in [2.05, 4.69) is 4.90 Å². The minimum absolute atomic E-state index is 0.0584. The van der Waals surface area contributed by atoms with E-state index in [1.807, 2.05) is 0 Å². The molecule has 0 bridgehead atoms. The van der Waals surface area contributed by atoms with Crippen LogP contribution in [0.25, 0.3) is 0 Å². The van der Waals surface area contributed by atoms with Crippen LogP contribution in [0.5, 0.6) is 11.5 Å². The summed E-state index contributed by atoms with van der Waals surface area (Å²) in [7, 11) is 0. The Kier molecular flexibility index (Phi) is 3.31. The molecule has 1 atom stereocenters. The third kappa shape index (κ3) is 2.13. The van der Waals surface area contributed by atoms with Crippen molar-refractivity contribution >= 4 is 0 Å². The molecule has 4 nitrogen and oxygen atoms in total. The van der Waals surface area contributed by atoms with Crippen LogP contribution in [0, 0.1) is 0 Å². The lowest BCUT2D eigenvalue weighted by molar-refractivity contribution is 0.246. The van der Waals surface area contributed by atoms with E-state index in [0.717, 1.165) is 18.7 Å². The van der Waals surface area contributed by atoms with Crippen LogP contribution in [-0.2, 0) is 0 Å². The Bertz CT molecular complexity index is 362. The molecule has 0 radical (unpaired) electrons. The van der Waals surface area contributed by atoms with Crippen molar-refractivity contribution in [3.05, 3.63) is 23.8 Å². The Labute approximate surface area is 95.3 Å². The molecular weight excluding hydrogens is 204 g/mol. The SMILES string of the molecule is NCC(c1ccc(O)cc1O)N1CCCC1. The van der Waals surface area contributed by atoms with E-state index in [1.54, 1.807) is 12.1 Å². The van der Waals surface area contributed by atoms with E-state index >= 15 is 0 Å². The van der Waals surface area contributed by atoms with Crippen molar-refractivity contribution in [2.24, 2.45) is 5.73 Å². The van der Waals surface area contributed by atoms with E-state index in [1.165, 1.54) is 18.9 Å².